The predicted molar refractivity (Wildman–Crippen MR) is 93.2 cm³/mol. The zero-order chi connectivity index (χ0) is 17.1. The molecule has 4 heteroatoms. The Hall–Kier alpha value is -3.14. The number of nitrogens with one attached hydrogen (secondary N) is 1. The molecule has 0 saturated carbocycles. The fraction of sp³-hybridized carbons (Fsp3) is 0.0500. The zero-order valence-electron chi connectivity index (χ0n) is 13.1. The van der Waals surface area contributed by atoms with Gasteiger partial charge in [0.15, 0.2) is 0 Å². The summed E-state index contributed by atoms with van der Waals surface area (Å²) in [5.74, 6) is -0.793. The first-order chi connectivity index (χ1) is 11.6. The third-order valence-corrected chi connectivity index (χ3v) is 3.71. The summed E-state index contributed by atoms with van der Waals surface area (Å²) in [6.45, 7) is 1.32. The van der Waals surface area contributed by atoms with Crippen molar-refractivity contribution in [3.63, 3.8) is 0 Å². The number of rotatable bonds is 3. The fourth-order valence-corrected chi connectivity index (χ4v) is 2.60. The van der Waals surface area contributed by atoms with Crippen LogP contribution in [0.1, 0.15) is 6.92 Å². The molecule has 0 fully saturated rings. The number of halogens is 1. The first-order valence-corrected chi connectivity index (χ1v) is 7.51. The van der Waals surface area contributed by atoms with Crippen LogP contribution in [0.3, 0.4) is 0 Å². The predicted octanol–water partition coefficient (Wildman–Crippen LogP) is 4.82. The summed E-state index contributed by atoms with van der Waals surface area (Å²) in [7, 11) is 0. The molecule has 0 bridgehead atoms. The van der Waals surface area contributed by atoms with Crippen molar-refractivity contribution in [2.45, 2.75) is 6.92 Å². The van der Waals surface area contributed by atoms with E-state index in [1.807, 2.05) is 42.5 Å². The number of phenolic OH excluding ortho intramolecular Hbond substituents is 1. The topological polar surface area (TPSA) is 49.3 Å². The Labute approximate surface area is 139 Å². The molecule has 120 valence electrons. The maximum atomic E-state index is 14.2. The monoisotopic (exact) mass is 321 g/mol. The minimum Gasteiger partial charge on any atom is -0.507 e. The van der Waals surface area contributed by atoms with Crippen molar-refractivity contribution < 1.29 is 14.3 Å². The molecule has 24 heavy (non-hydrogen) atoms. The van der Waals surface area contributed by atoms with E-state index in [9.17, 15) is 14.3 Å². The van der Waals surface area contributed by atoms with Crippen LogP contribution < -0.4 is 5.32 Å². The van der Waals surface area contributed by atoms with Crippen molar-refractivity contribution in [1.29, 1.82) is 0 Å². The van der Waals surface area contributed by atoms with Gasteiger partial charge in [0.05, 0.1) is 5.69 Å². The molecule has 0 heterocycles. The van der Waals surface area contributed by atoms with Crippen LogP contribution in [0.2, 0.25) is 0 Å². The maximum Gasteiger partial charge on any atom is 0.221 e. The van der Waals surface area contributed by atoms with E-state index in [1.165, 1.54) is 19.1 Å². The molecule has 0 radical (unpaired) electrons. The summed E-state index contributed by atoms with van der Waals surface area (Å²) in [6.07, 6.45) is 0. The summed E-state index contributed by atoms with van der Waals surface area (Å²) in [5, 5.41) is 13.0. The van der Waals surface area contributed by atoms with Crippen LogP contribution in [-0.4, -0.2) is 11.0 Å². The summed E-state index contributed by atoms with van der Waals surface area (Å²) < 4.78 is 14.2. The van der Waals surface area contributed by atoms with E-state index >= 15 is 0 Å². The first-order valence-electron chi connectivity index (χ1n) is 7.51. The highest BCUT2D eigenvalue weighted by Gasteiger charge is 2.12. The molecule has 3 aromatic carbocycles. The van der Waals surface area contributed by atoms with Crippen molar-refractivity contribution in [3.8, 4) is 28.0 Å². The second kappa shape index (κ2) is 6.54. The molecule has 0 aliphatic carbocycles. The molecular formula is C20H16FNO2. The van der Waals surface area contributed by atoms with E-state index in [0.717, 1.165) is 5.56 Å². The SMILES string of the molecule is CC(=O)Nc1ccc(-c2cccc(-c3ccccc3)c2O)cc1F. The second-order valence-corrected chi connectivity index (χ2v) is 5.44. The molecule has 0 saturated heterocycles. The van der Waals surface area contributed by atoms with Crippen LogP contribution in [0, 0.1) is 5.82 Å². The van der Waals surface area contributed by atoms with Gasteiger partial charge in [-0.2, -0.15) is 0 Å². The van der Waals surface area contributed by atoms with Crippen molar-refractivity contribution in [1.82, 2.24) is 0 Å². The van der Waals surface area contributed by atoms with Crippen molar-refractivity contribution in [2.75, 3.05) is 5.32 Å². The van der Waals surface area contributed by atoms with Gasteiger partial charge >= 0.3 is 0 Å². The number of carbonyl (C=O) groups is 1. The first kappa shape index (κ1) is 15.7. The smallest absolute Gasteiger partial charge is 0.221 e. The molecular weight excluding hydrogens is 305 g/mol. The standard InChI is InChI=1S/C20H16FNO2/c1-13(23)22-19-11-10-15(12-18(19)21)17-9-5-8-16(20(17)24)14-6-3-2-4-7-14/h2-12,24H,1H3,(H,22,23). The van der Waals surface area contributed by atoms with Crippen LogP contribution in [0.25, 0.3) is 22.3 Å². The minimum atomic E-state index is -0.549. The Balaban J connectivity index is 2.04. The van der Waals surface area contributed by atoms with Crippen molar-refractivity contribution in [2.24, 2.45) is 0 Å². The van der Waals surface area contributed by atoms with Crippen LogP contribution >= 0.6 is 0 Å². The number of aromatic hydroxyl groups is 1. The van der Waals surface area contributed by atoms with Gasteiger partial charge in [-0.05, 0) is 23.3 Å². The van der Waals surface area contributed by atoms with Crippen molar-refractivity contribution >= 4 is 11.6 Å². The molecule has 0 aliphatic heterocycles. The number of hydrogen-bond donors (Lipinski definition) is 2. The number of anilines is 1. The van der Waals surface area contributed by atoms with E-state index in [-0.39, 0.29) is 17.3 Å². The van der Waals surface area contributed by atoms with Gasteiger partial charge < -0.3 is 10.4 Å². The number of carbonyl (C=O) groups excluding carboxylic acids is 1. The second-order valence-electron chi connectivity index (χ2n) is 5.44. The lowest BCUT2D eigenvalue weighted by Crippen LogP contribution is -2.07. The molecule has 1 amide bonds. The lowest BCUT2D eigenvalue weighted by atomic mass is 9.97. The van der Waals surface area contributed by atoms with E-state index in [4.69, 9.17) is 0 Å². The number of amides is 1. The summed E-state index contributed by atoms with van der Waals surface area (Å²) in [6, 6.07) is 19.3. The normalized spacial score (nSPS) is 10.4. The zero-order valence-corrected chi connectivity index (χ0v) is 13.1. The summed E-state index contributed by atoms with van der Waals surface area (Å²) in [4.78, 5) is 11.1. The van der Waals surface area contributed by atoms with Crippen LogP contribution in [0.4, 0.5) is 10.1 Å². The average molecular weight is 321 g/mol. The van der Waals surface area contributed by atoms with Gasteiger partial charge in [0, 0.05) is 18.1 Å². The van der Waals surface area contributed by atoms with Crippen molar-refractivity contribution in [3.05, 3.63) is 72.5 Å². The quantitative estimate of drug-likeness (QED) is 0.726. The average Bonchev–Trinajstić information content (AvgIpc) is 2.57. The molecule has 3 nitrogen and oxygen atoms in total. The third kappa shape index (κ3) is 3.13. The minimum absolute atomic E-state index is 0.0929. The van der Waals surface area contributed by atoms with E-state index in [2.05, 4.69) is 5.32 Å². The largest absolute Gasteiger partial charge is 0.507 e. The van der Waals surface area contributed by atoms with Gasteiger partial charge in [-0.3, -0.25) is 4.79 Å². The Morgan fingerprint density at radius 3 is 2.21 bits per heavy atom. The van der Waals surface area contributed by atoms with Gasteiger partial charge in [0.1, 0.15) is 11.6 Å². The highest BCUT2D eigenvalue weighted by atomic mass is 19.1. The third-order valence-electron chi connectivity index (χ3n) is 3.71. The maximum absolute atomic E-state index is 14.2. The number of benzene rings is 3. The van der Waals surface area contributed by atoms with Crippen LogP contribution in [0.5, 0.6) is 5.75 Å². The molecule has 0 aliphatic rings. The number of hydrogen-bond acceptors (Lipinski definition) is 2. The highest BCUT2D eigenvalue weighted by molar-refractivity contribution is 5.89. The van der Waals surface area contributed by atoms with E-state index in [0.29, 0.717) is 16.7 Å². The Kier molecular flexibility index (Phi) is 4.29. The van der Waals surface area contributed by atoms with E-state index < -0.39 is 5.82 Å². The lowest BCUT2D eigenvalue weighted by molar-refractivity contribution is -0.114. The van der Waals surface area contributed by atoms with Gasteiger partial charge in [0.2, 0.25) is 5.91 Å². The Bertz CT molecular complexity index is 891. The van der Waals surface area contributed by atoms with Gasteiger partial charge in [0.25, 0.3) is 0 Å². The van der Waals surface area contributed by atoms with Crippen LogP contribution in [0.15, 0.2) is 66.7 Å². The number of phenols is 1. The van der Waals surface area contributed by atoms with Gasteiger partial charge in [-0.15, -0.1) is 0 Å². The van der Waals surface area contributed by atoms with Gasteiger partial charge in [-0.1, -0.05) is 54.6 Å². The van der Waals surface area contributed by atoms with Crippen LogP contribution in [-0.2, 0) is 4.79 Å². The summed E-state index contributed by atoms with van der Waals surface area (Å²) in [5.41, 5.74) is 2.75. The molecule has 0 spiro atoms. The number of para-hydroxylation sites is 1. The molecule has 0 atom stereocenters. The Morgan fingerprint density at radius 2 is 1.58 bits per heavy atom. The highest BCUT2D eigenvalue weighted by Crippen LogP contribution is 2.38. The molecule has 3 aromatic rings. The fourth-order valence-electron chi connectivity index (χ4n) is 2.60. The molecule has 0 aromatic heterocycles. The van der Waals surface area contributed by atoms with Gasteiger partial charge in [-0.25, -0.2) is 4.39 Å². The Morgan fingerprint density at radius 1 is 0.917 bits per heavy atom. The summed E-state index contributed by atoms with van der Waals surface area (Å²) >= 11 is 0. The lowest BCUT2D eigenvalue weighted by Gasteiger charge is -2.12. The molecule has 2 N–H and O–H groups in total. The van der Waals surface area contributed by atoms with E-state index in [1.54, 1.807) is 12.1 Å². The molecule has 3 rings (SSSR count). The molecule has 0 unspecified atom stereocenters.